The van der Waals surface area contributed by atoms with Crippen LogP contribution in [0.2, 0.25) is 0 Å². The molecule has 8 heteroatoms. The molecule has 0 spiro atoms. The van der Waals surface area contributed by atoms with Gasteiger partial charge in [-0.25, -0.2) is 0 Å². The number of anilines is 1. The molecule has 0 unspecified atom stereocenters. The normalized spacial score (nSPS) is 10.8. The van der Waals surface area contributed by atoms with Gasteiger partial charge in [-0.1, -0.05) is 42.4 Å². The van der Waals surface area contributed by atoms with Crippen molar-refractivity contribution in [2.75, 3.05) is 5.32 Å². The van der Waals surface area contributed by atoms with E-state index in [2.05, 4.69) is 32.6 Å². The van der Waals surface area contributed by atoms with Crippen LogP contribution < -0.4 is 5.32 Å². The van der Waals surface area contributed by atoms with Gasteiger partial charge in [0.1, 0.15) is 5.01 Å². The smallest absolute Gasteiger partial charge is 0.247 e. The van der Waals surface area contributed by atoms with Crippen LogP contribution in [0.5, 0.6) is 0 Å². The zero-order valence-corrected chi connectivity index (χ0v) is 15.7. The van der Waals surface area contributed by atoms with Gasteiger partial charge >= 0.3 is 0 Å². The lowest BCUT2D eigenvalue weighted by Gasteiger charge is -1.98. The first-order valence-electron chi connectivity index (χ1n) is 8.65. The molecule has 0 saturated carbocycles. The van der Waals surface area contributed by atoms with Crippen molar-refractivity contribution in [3.63, 3.8) is 0 Å². The first-order valence-corrected chi connectivity index (χ1v) is 9.47. The molecule has 0 aliphatic heterocycles. The van der Waals surface area contributed by atoms with E-state index in [-0.39, 0.29) is 12.3 Å². The molecule has 1 N–H and O–H groups in total. The van der Waals surface area contributed by atoms with Crippen molar-refractivity contribution in [2.24, 2.45) is 0 Å². The summed E-state index contributed by atoms with van der Waals surface area (Å²) >= 11 is 1.42. The third-order valence-electron chi connectivity index (χ3n) is 3.79. The molecule has 0 aliphatic carbocycles. The maximum atomic E-state index is 12.1. The molecule has 0 saturated heterocycles. The molecular formula is C18H21N5O2S. The van der Waals surface area contributed by atoms with Gasteiger partial charge in [0, 0.05) is 24.8 Å². The van der Waals surface area contributed by atoms with Gasteiger partial charge in [-0.3, -0.25) is 4.79 Å². The molecule has 1 amide bonds. The topological polar surface area (TPSA) is 93.8 Å². The van der Waals surface area contributed by atoms with Crippen LogP contribution in [0.25, 0.3) is 11.5 Å². The van der Waals surface area contributed by atoms with Gasteiger partial charge in [-0.05, 0) is 25.5 Å². The van der Waals surface area contributed by atoms with Crippen LogP contribution in [0.1, 0.15) is 42.6 Å². The van der Waals surface area contributed by atoms with Crippen molar-refractivity contribution in [3.05, 3.63) is 40.7 Å². The summed E-state index contributed by atoms with van der Waals surface area (Å²) in [5.41, 5.74) is 2.03. The van der Waals surface area contributed by atoms with Gasteiger partial charge in [-0.2, -0.15) is 0 Å². The third-order valence-corrected chi connectivity index (χ3v) is 4.69. The molecule has 0 atom stereocenters. The number of benzene rings is 1. The minimum atomic E-state index is -0.140. The van der Waals surface area contributed by atoms with E-state index in [1.165, 1.54) is 16.9 Å². The largest absolute Gasteiger partial charge is 0.421 e. The van der Waals surface area contributed by atoms with Gasteiger partial charge in [0.2, 0.25) is 22.8 Å². The van der Waals surface area contributed by atoms with E-state index in [0.717, 1.165) is 29.8 Å². The lowest BCUT2D eigenvalue weighted by molar-refractivity contribution is -0.116. The van der Waals surface area contributed by atoms with Crippen LogP contribution in [-0.4, -0.2) is 26.3 Å². The molecule has 2 aromatic heterocycles. The van der Waals surface area contributed by atoms with Crippen molar-refractivity contribution in [1.29, 1.82) is 0 Å². The number of hydrogen-bond donors (Lipinski definition) is 1. The van der Waals surface area contributed by atoms with E-state index in [4.69, 9.17) is 4.42 Å². The monoisotopic (exact) mass is 371 g/mol. The van der Waals surface area contributed by atoms with Crippen molar-refractivity contribution in [2.45, 2.75) is 46.0 Å². The summed E-state index contributed by atoms with van der Waals surface area (Å²) in [5, 5.41) is 20.4. The van der Waals surface area contributed by atoms with Gasteiger partial charge in [-0.15, -0.1) is 20.4 Å². The highest BCUT2D eigenvalue weighted by atomic mass is 32.1. The van der Waals surface area contributed by atoms with Crippen LogP contribution >= 0.6 is 11.3 Å². The molecule has 2 heterocycles. The number of rotatable bonds is 8. The standard InChI is InChI=1S/C18H21N5O2S/c1-3-4-5-16-21-23-18(26-16)19-14(24)10-11-15-20-22-17(25-15)13-8-6-12(2)7-9-13/h6-9H,3-5,10-11H2,1-2H3,(H,19,23,24). The highest BCUT2D eigenvalue weighted by Crippen LogP contribution is 2.20. The second-order valence-electron chi connectivity index (χ2n) is 6.02. The Morgan fingerprint density at radius 2 is 1.92 bits per heavy atom. The maximum absolute atomic E-state index is 12.1. The van der Waals surface area contributed by atoms with Crippen molar-refractivity contribution >= 4 is 22.4 Å². The predicted molar refractivity (Wildman–Crippen MR) is 99.9 cm³/mol. The number of carbonyl (C=O) groups is 1. The van der Waals surface area contributed by atoms with E-state index >= 15 is 0 Å². The second-order valence-corrected chi connectivity index (χ2v) is 7.08. The van der Waals surface area contributed by atoms with Crippen LogP contribution in [-0.2, 0) is 17.6 Å². The fraction of sp³-hybridized carbons (Fsp3) is 0.389. The summed E-state index contributed by atoms with van der Waals surface area (Å²) in [4.78, 5) is 12.1. The first kappa shape index (κ1) is 18.2. The Morgan fingerprint density at radius 1 is 1.12 bits per heavy atom. The molecule has 0 bridgehead atoms. The summed E-state index contributed by atoms with van der Waals surface area (Å²) in [6.45, 7) is 4.15. The number of aromatic nitrogens is 4. The number of hydrogen-bond acceptors (Lipinski definition) is 7. The van der Waals surface area contributed by atoms with E-state index in [0.29, 0.717) is 23.3 Å². The van der Waals surface area contributed by atoms with Crippen LogP contribution in [0, 0.1) is 6.92 Å². The Bertz CT molecular complexity index is 857. The summed E-state index contributed by atoms with van der Waals surface area (Å²) in [7, 11) is 0. The van der Waals surface area contributed by atoms with Crippen LogP contribution in [0.3, 0.4) is 0 Å². The average Bonchev–Trinajstić information content (AvgIpc) is 3.28. The summed E-state index contributed by atoms with van der Waals surface area (Å²) < 4.78 is 5.63. The van der Waals surface area contributed by atoms with Crippen molar-refractivity contribution in [3.8, 4) is 11.5 Å². The van der Waals surface area contributed by atoms with E-state index in [1.807, 2.05) is 31.2 Å². The average molecular weight is 371 g/mol. The quantitative estimate of drug-likeness (QED) is 0.647. The molecule has 7 nitrogen and oxygen atoms in total. The second kappa shape index (κ2) is 8.66. The Balaban J connectivity index is 1.50. The zero-order chi connectivity index (χ0) is 18.4. The SMILES string of the molecule is CCCCc1nnc(NC(=O)CCc2nnc(-c3ccc(C)cc3)o2)s1. The molecule has 26 heavy (non-hydrogen) atoms. The Labute approximate surface area is 155 Å². The van der Waals surface area contributed by atoms with E-state index in [1.54, 1.807) is 0 Å². The minimum absolute atomic E-state index is 0.140. The number of nitrogens with one attached hydrogen (secondary N) is 1. The van der Waals surface area contributed by atoms with Gasteiger partial charge in [0.15, 0.2) is 0 Å². The Morgan fingerprint density at radius 3 is 2.69 bits per heavy atom. The predicted octanol–water partition coefficient (Wildman–Crippen LogP) is 3.81. The Kier molecular flexibility index (Phi) is 6.06. The number of aryl methyl sites for hydroxylation is 3. The summed E-state index contributed by atoms with van der Waals surface area (Å²) in [6, 6.07) is 7.85. The zero-order valence-electron chi connectivity index (χ0n) is 14.9. The third kappa shape index (κ3) is 4.95. The lowest BCUT2D eigenvalue weighted by atomic mass is 10.1. The molecular weight excluding hydrogens is 350 g/mol. The van der Waals surface area contributed by atoms with Crippen molar-refractivity contribution < 1.29 is 9.21 Å². The molecule has 0 aliphatic rings. The van der Waals surface area contributed by atoms with E-state index < -0.39 is 0 Å². The van der Waals surface area contributed by atoms with Gasteiger partial charge < -0.3 is 9.73 Å². The van der Waals surface area contributed by atoms with Crippen LogP contribution in [0.15, 0.2) is 28.7 Å². The number of carbonyl (C=O) groups excluding carboxylic acids is 1. The fourth-order valence-electron chi connectivity index (χ4n) is 2.30. The molecule has 0 radical (unpaired) electrons. The summed E-state index contributed by atoms with van der Waals surface area (Å²) in [6.07, 6.45) is 3.71. The molecule has 136 valence electrons. The minimum Gasteiger partial charge on any atom is -0.421 e. The van der Waals surface area contributed by atoms with Crippen molar-refractivity contribution in [1.82, 2.24) is 20.4 Å². The number of nitrogens with zero attached hydrogens (tertiary/aromatic N) is 4. The summed E-state index contributed by atoms with van der Waals surface area (Å²) in [5.74, 6) is 0.764. The van der Waals surface area contributed by atoms with Crippen LogP contribution in [0.4, 0.5) is 5.13 Å². The highest BCUT2D eigenvalue weighted by molar-refractivity contribution is 7.15. The number of amides is 1. The molecule has 3 rings (SSSR count). The molecule has 3 aromatic rings. The van der Waals surface area contributed by atoms with Gasteiger partial charge in [0.05, 0.1) is 0 Å². The lowest BCUT2D eigenvalue weighted by Crippen LogP contribution is -2.12. The Hall–Kier alpha value is -2.61. The highest BCUT2D eigenvalue weighted by Gasteiger charge is 2.12. The molecule has 1 aromatic carbocycles. The fourth-order valence-corrected chi connectivity index (χ4v) is 3.10. The maximum Gasteiger partial charge on any atom is 0.247 e. The van der Waals surface area contributed by atoms with E-state index in [9.17, 15) is 4.79 Å². The first-order chi connectivity index (χ1) is 12.6. The van der Waals surface area contributed by atoms with Gasteiger partial charge in [0.25, 0.3) is 0 Å². The number of unbranched alkanes of at least 4 members (excludes halogenated alkanes) is 1. The molecule has 0 fully saturated rings.